The topological polar surface area (TPSA) is 50.3 Å². The standard InChI is InChI=1S/C18H25ClN2O2S/c1-13(2)14(3)5-7-17(16-6-8-18(19)20-9-16)21-10-15(11-21)12-24(4,22)23/h5-9,13,15H,10-12H2,1-4H3/b14-5+,17-7+. The molecule has 0 N–H and O–H groups in total. The van der Waals surface area contributed by atoms with Crippen LogP contribution in [0.3, 0.4) is 0 Å². The molecule has 1 aliphatic heterocycles. The third-order valence-electron chi connectivity index (χ3n) is 4.27. The van der Waals surface area contributed by atoms with Gasteiger partial charge in [0.2, 0.25) is 0 Å². The fraction of sp³-hybridized carbons (Fsp3) is 0.500. The van der Waals surface area contributed by atoms with Gasteiger partial charge in [-0.15, -0.1) is 0 Å². The molecule has 2 rings (SSSR count). The second kappa shape index (κ2) is 7.70. The molecule has 6 heteroatoms. The van der Waals surface area contributed by atoms with Crippen molar-refractivity contribution in [3.63, 3.8) is 0 Å². The maximum Gasteiger partial charge on any atom is 0.147 e. The zero-order valence-electron chi connectivity index (χ0n) is 14.7. The van der Waals surface area contributed by atoms with Crippen molar-refractivity contribution in [2.24, 2.45) is 11.8 Å². The molecule has 1 aromatic rings. The second-order valence-electron chi connectivity index (χ2n) is 6.85. The third-order valence-corrected chi connectivity index (χ3v) is 5.57. The summed E-state index contributed by atoms with van der Waals surface area (Å²) in [5.41, 5.74) is 3.34. The Kier molecular flexibility index (Phi) is 6.10. The van der Waals surface area contributed by atoms with E-state index in [4.69, 9.17) is 11.6 Å². The van der Waals surface area contributed by atoms with Gasteiger partial charge in [-0.3, -0.25) is 0 Å². The highest BCUT2D eigenvalue weighted by molar-refractivity contribution is 7.90. The van der Waals surface area contributed by atoms with Crippen molar-refractivity contribution in [1.29, 1.82) is 0 Å². The zero-order valence-corrected chi connectivity index (χ0v) is 16.2. The lowest BCUT2D eigenvalue weighted by Gasteiger charge is -2.42. The highest BCUT2D eigenvalue weighted by Gasteiger charge is 2.31. The number of hydrogen-bond donors (Lipinski definition) is 0. The van der Waals surface area contributed by atoms with Gasteiger partial charge in [0, 0.05) is 42.7 Å². The smallest absolute Gasteiger partial charge is 0.147 e. The molecule has 1 aromatic heterocycles. The Morgan fingerprint density at radius 2 is 2.04 bits per heavy atom. The van der Waals surface area contributed by atoms with Crippen LogP contribution in [0.4, 0.5) is 0 Å². The Balaban J connectivity index is 2.20. The molecule has 1 aliphatic rings. The SMILES string of the molecule is C/C(=C\C=C(/c1ccc(Cl)nc1)N1CC(CS(C)(=O)=O)C1)C(C)C. The van der Waals surface area contributed by atoms with Gasteiger partial charge in [0.1, 0.15) is 15.0 Å². The van der Waals surface area contributed by atoms with Gasteiger partial charge >= 0.3 is 0 Å². The van der Waals surface area contributed by atoms with Gasteiger partial charge in [0.05, 0.1) is 5.75 Å². The maximum atomic E-state index is 11.4. The molecule has 0 spiro atoms. The number of aromatic nitrogens is 1. The van der Waals surface area contributed by atoms with Gasteiger partial charge < -0.3 is 4.90 Å². The van der Waals surface area contributed by atoms with E-state index in [0.29, 0.717) is 11.1 Å². The van der Waals surface area contributed by atoms with Gasteiger partial charge in [0.15, 0.2) is 0 Å². The highest BCUT2D eigenvalue weighted by Crippen LogP contribution is 2.29. The van der Waals surface area contributed by atoms with E-state index >= 15 is 0 Å². The summed E-state index contributed by atoms with van der Waals surface area (Å²) in [6.45, 7) is 7.93. The lowest BCUT2D eigenvalue weighted by Crippen LogP contribution is -2.48. The molecule has 0 radical (unpaired) electrons. The molecule has 0 bridgehead atoms. The van der Waals surface area contributed by atoms with E-state index in [2.05, 4.69) is 42.8 Å². The second-order valence-corrected chi connectivity index (χ2v) is 9.42. The molecule has 0 saturated carbocycles. The molecule has 0 amide bonds. The number of allylic oxidation sites excluding steroid dienone is 3. The van der Waals surface area contributed by atoms with E-state index in [0.717, 1.165) is 24.4 Å². The fourth-order valence-corrected chi connectivity index (χ4v) is 3.79. The summed E-state index contributed by atoms with van der Waals surface area (Å²) in [5, 5.41) is 0.463. The van der Waals surface area contributed by atoms with Crippen LogP contribution in [0.15, 0.2) is 36.1 Å². The number of pyridine rings is 1. The highest BCUT2D eigenvalue weighted by atomic mass is 35.5. The van der Waals surface area contributed by atoms with Gasteiger partial charge in [-0.2, -0.15) is 0 Å². The first kappa shape index (κ1) is 19.0. The summed E-state index contributed by atoms with van der Waals surface area (Å²) in [6.07, 6.45) is 7.27. The Bertz CT molecular complexity index is 731. The van der Waals surface area contributed by atoms with Crippen molar-refractivity contribution in [3.05, 3.63) is 46.8 Å². The van der Waals surface area contributed by atoms with Crippen LogP contribution >= 0.6 is 11.6 Å². The van der Waals surface area contributed by atoms with Gasteiger partial charge in [-0.1, -0.05) is 37.1 Å². The van der Waals surface area contributed by atoms with Crippen LogP contribution in [-0.4, -0.2) is 43.4 Å². The quantitative estimate of drug-likeness (QED) is 0.568. The molecule has 0 atom stereocenters. The van der Waals surface area contributed by atoms with Gasteiger partial charge in [-0.25, -0.2) is 13.4 Å². The maximum absolute atomic E-state index is 11.4. The van der Waals surface area contributed by atoms with Crippen LogP contribution in [0, 0.1) is 11.8 Å². The summed E-state index contributed by atoms with van der Waals surface area (Å²) in [5.74, 6) is 0.926. The number of halogens is 1. The first-order valence-corrected chi connectivity index (χ1v) is 10.5. The van der Waals surface area contributed by atoms with E-state index in [1.54, 1.807) is 12.3 Å². The summed E-state index contributed by atoms with van der Waals surface area (Å²) < 4.78 is 22.9. The molecule has 24 heavy (non-hydrogen) atoms. The molecule has 4 nitrogen and oxygen atoms in total. The monoisotopic (exact) mass is 368 g/mol. The Labute approximate surface area is 150 Å². The van der Waals surface area contributed by atoms with Crippen molar-refractivity contribution < 1.29 is 8.42 Å². The van der Waals surface area contributed by atoms with Crippen molar-refractivity contribution in [3.8, 4) is 0 Å². The lowest BCUT2D eigenvalue weighted by molar-refractivity contribution is 0.193. The van der Waals surface area contributed by atoms with Crippen molar-refractivity contribution in [1.82, 2.24) is 9.88 Å². The number of nitrogens with zero attached hydrogens (tertiary/aromatic N) is 2. The summed E-state index contributed by atoms with van der Waals surface area (Å²) >= 11 is 5.89. The minimum absolute atomic E-state index is 0.193. The predicted molar refractivity (Wildman–Crippen MR) is 101 cm³/mol. The summed E-state index contributed by atoms with van der Waals surface area (Å²) in [6, 6.07) is 3.72. The Hall–Kier alpha value is -1.33. The third kappa shape index (κ3) is 5.35. The largest absolute Gasteiger partial charge is 0.370 e. The molecule has 132 valence electrons. The number of sulfone groups is 1. The van der Waals surface area contributed by atoms with E-state index in [1.165, 1.54) is 11.8 Å². The zero-order chi connectivity index (χ0) is 17.9. The molecule has 1 fully saturated rings. The van der Waals surface area contributed by atoms with Crippen molar-refractivity contribution in [2.45, 2.75) is 20.8 Å². The summed E-state index contributed by atoms with van der Waals surface area (Å²) in [7, 11) is -2.93. The van der Waals surface area contributed by atoms with E-state index in [1.807, 2.05) is 6.07 Å². The molecule has 1 saturated heterocycles. The van der Waals surface area contributed by atoms with E-state index < -0.39 is 9.84 Å². The van der Waals surface area contributed by atoms with Crippen LogP contribution in [-0.2, 0) is 9.84 Å². The minimum Gasteiger partial charge on any atom is -0.370 e. The molecule has 0 aliphatic carbocycles. The van der Waals surface area contributed by atoms with Crippen LogP contribution in [0.5, 0.6) is 0 Å². The molecular weight excluding hydrogens is 344 g/mol. The molecular formula is C18H25ClN2O2S. The first-order valence-electron chi connectivity index (χ1n) is 8.09. The summed E-state index contributed by atoms with van der Waals surface area (Å²) in [4.78, 5) is 6.36. The van der Waals surface area contributed by atoms with Crippen LogP contribution in [0.25, 0.3) is 5.70 Å². The van der Waals surface area contributed by atoms with Gasteiger partial charge in [-0.05, 0) is 31.1 Å². The molecule has 2 heterocycles. The van der Waals surface area contributed by atoms with Gasteiger partial charge in [0.25, 0.3) is 0 Å². The lowest BCUT2D eigenvalue weighted by atomic mass is 9.98. The Morgan fingerprint density at radius 1 is 1.38 bits per heavy atom. The average molecular weight is 369 g/mol. The van der Waals surface area contributed by atoms with E-state index in [9.17, 15) is 8.42 Å². The predicted octanol–water partition coefficient (Wildman–Crippen LogP) is 3.65. The van der Waals surface area contributed by atoms with E-state index in [-0.39, 0.29) is 11.7 Å². The van der Waals surface area contributed by atoms with Crippen molar-refractivity contribution in [2.75, 3.05) is 25.1 Å². The first-order chi connectivity index (χ1) is 11.2. The fourth-order valence-electron chi connectivity index (χ4n) is 2.61. The van der Waals surface area contributed by atoms with Crippen LogP contribution < -0.4 is 0 Å². The molecule has 0 unspecified atom stereocenters. The molecule has 0 aromatic carbocycles. The number of likely N-dealkylation sites (tertiary alicyclic amines) is 1. The number of rotatable bonds is 6. The minimum atomic E-state index is -2.93. The van der Waals surface area contributed by atoms with Crippen molar-refractivity contribution >= 4 is 27.1 Å². The normalized spacial score (nSPS) is 17.3. The Morgan fingerprint density at radius 3 is 2.54 bits per heavy atom. The van der Waals surface area contributed by atoms with Crippen LogP contribution in [0.2, 0.25) is 5.15 Å². The number of hydrogen-bond acceptors (Lipinski definition) is 4. The van der Waals surface area contributed by atoms with Crippen LogP contribution in [0.1, 0.15) is 26.3 Å². The average Bonchev–Trinajstić information content (AvgIpc) is 2.44.